The first-order valence-corrected chi connectivity index (χ1v) is 12.7. The van der Waals surface area contributed by atoms with E-state index >= 15 is 0 Å². The first kappa shape index (κ1) is 26.8. The monoisotopic (exact) mass is 556 g/mol. The van der Waals surface area contributed by atoms with Gasteiger partial charge < -0.3 is 15.0 Å². The molecule has 0 saturated heterocycles. The summed E-state index contributed by atoms with van der Waals surface area (Å²) in [5.74, 6) is 0.374. The fourth-order valence-electron chi connectivity index (χ4n) is 3.52. The van der Waals surface area contributed by atoms with Gasteiger partial charge in [-0.1, -0.05) is 83.8 Å². The van der Waals surface area contributed by atoms with Gasteiger partial charge in [0.2, 0.25) is 5.91 Å². The molecule has 0 aliphatic carbocycles. The van der Waals surface area contributed by atoms with Crippen LogP contribution >= 0.6 is 27.5 Å². The molecule has 1 atom stereocenters. The molecule has 0 spiro atoms. The van der Waals surface area contributed by atoms with Crippen LogP contribution in [0.4, 0.5) is 0 Å². The topological polar surface area (TPSA) is 58.6 Å². The maximum absolute atomic E-state index is 13.5. The highest BCUT2D eigenvalue weighted by atomic mass is 79.9. The first-order valence-electron chi connectivity index (χ1n) is 11.6. The van der Waals surface area contributed by atoms with E-state index in [1.807, 2.05) is 68.4 Å². The molecule has 0 aromatic heterocycles. The van der Waals surface area contributed by atoms with Crippen LogP contribution in [0.15, 0.2) is 83.3 Å². The number of hydrogen-bond donors (Lipinski definition) is 1. The Balaban J connectivity index is 1.88. The van der Waals surface area contributed by atoms with Gasteiger partial charge in [0.05, 0.1) is 0 Å². The van der Waals surface area contributed by atoms with E-state index < -0.39 is 6.04 Å². The average molecular weight is 558 g/mol. The van der Waals surface area contributed by atoms with Crippen LogP contribution in [0.1, 0.15) is 25.0 Å². The fraction of sp³-hybridized carbons (Fsp3) is 0.286. The molecule has 0 bridgehead atoms. The van der Waals surface area contributed by atoms with Gasteiger partial charge in [-0.05, 0) is 53.4 Å². The van der Waals surface area contributed by atoms with Gasteiger partial charge in [0.1, 0.15) is 11.8 Å². The number of benzene rings is 3. The van der Waals surface area contributed by atoms with Gasteiger partial charge in [0.15, 0.2) is 6.61 Å². The summed E-state index contributed by atoms with van der Waals surface area (Å²) >= 11 is 9.41. The van der Waals surface area contributed by atoms with Crippen molar-refractivity contribution in [3.63, 3.8) is 0 Å². The smallest absolute Gasteiger partial charge is 0.261 e. The highest BCUT2D eigenvalue weighted by Crippen LogP contribution is 2.19. The molecule has 35 heavy (non-hydrogen) atoms. The zero-order valence-corrected chi connectivity index (χ0v) is 22.3. The van der Waals surface area contributed by atoms with Gasteiger partial charge in [-0.15, -0.1) is 0 Å². The lowest BCUT2D eigenvalue weighted by Crippen LogP contribution is -2.52. The highest BCUT2D eigenvalue weighted by molar-refractivity contribution is 9.10. The van der Waals surface area contributed by atoms with Gasteiger partial charge in [0, 0.05) is 29.0 Å². The third-order valence-corrected chi connectivity index (χ3v) is 6.18. The SMILES string of the molecule is CC(C)CNC(=O)[C@H](Cc1ccccc1)N(Cc1ccc(Br)cc1)C(=O)COc1ccc(Cl)cc1. The molecule has 0 saturated carbocycles. The zero-order chi connectivity index (χ0) is 25.2. The summed E-state index contributed by atoms with van der Waals surface area (Å²) in [5, 5.41) is 3.61. The van der Waals surface area contributed by atoms with Crippen LogP contribution in [-0.4, -0.2) is 35.9 Å². The highest BCUT2D eigenvalue weighted by Gasteiger charge is 2.30. The quantitative estimate of drug-likeness (QED) is 0.320. The lowest BCUT2D eigenvalue weighted by Gasteiger charge is -2.31. The Labute approximate surface area is 220 Å². The zero-order valence-electron chi connectivity index (χ0n) is 19.9. The van der Waals surface area contributed by atoms with Gasteiger partial charge in [-0.3, -0.25) is 9.59 Å². The maximum Gasteiger partial charge on any atom is 0.261 e. The summed E-state index contributed by atoms with van der Waals surface area (Å²) < 4.78 is 6.69. The average Bonchev–Trinajstić information content (AvgIpc) is 2.86. The predicted octanol–water partition coefficient (Wildman–Crippen LogP) is 5.89. The van der Waals surface area contributed by atoms with E-state index in [0.717, 1.165) is 15.6 Å². The summed E-state index contributed by atoms with van der Waals surface area (Å²) in [4.78, 5) is 28.5. The molecule has 5 nitrogen and oxygen atoms in total. The third kappa shape index (κ3) is 8.71. The molecule has 0 heterocycles. The van der Waals surface area contributed by atoms with Crippen molar-refractivity contribution in [1.29, 1.82) is 0 Å². The largest absolute Gasteiger partial charge is 0.484 e. The second-order valence-electron chi connectivity index (χ2n) is 8.74. The molecule has 0 unspecified atom stereocenters. The Kier molecular flexibility index (Phi) is 10.2. The molecule has 3 aromatic rings. The molecular formula is C28H30BrClN2O3. The minimum atomic E-state index is -0.693. The number of amides is 2. The lowest BCUT2D eigenvalue weighted by molar-refractivity contribution is -0.142. The van der Waals surface area contributed by atoms with E-state index in [1.54, 1.807) is 29.2 Å². The second kappa shape index (κ2) is 13.3. The number of carbonyl (C=O) groups excluding carboxylic acids is 2. The van der Waals surface area contributed by atoms with Crippen LogP contribution in [0.2, 0.25) is 5.02 Å². The van der Waals surface area contributed by atoms with Gasteiger partial charge in [-0.2, -0.15) is 0 Å². The van der Waals surface area contributed by atoms with Crippen LogP contribution in [-0.2, 0) is 22.6 Å². The normalized spacial score (nSPS) is 11.7. The molecule has 0 radical (unpaired) electrons. The molecule has 2 amide bonds. The molecule has 7 heteroatoms. The minimum Gasteiger partial charge on any atom is -0.484 e. The lowest BCUT2D eigenvalue weighted by atomic mass is 10.0. The Bertz CT molecular complexity index is 1090. The molecule has 0 fully saturated rings. The standard InChI is InChI=1S/C28H30BrClN2O3/c1-20(2)17-31-28(34)26(16-21-6-4-3-5-7-21)32(18-22-8-10-23(29)11-9-22)27(33)19-35-25-14-12-24(30)13-15-25/h3-15,20,26H,16-19H2,1-2H3,(H,31,34)/t26-/m0/s1. The minimum absolute atomic E-state index is 0.181. The Morgan fingerprint density at radius 3 is 2.23 bits per heavy atom. The summed E-state index contributed by atoms with van der Waals surface area (Å²) in [5.41, 5.74) is 1.90. The molecule has 0 aliphatic heterocycles. The molecule has 184 valence electrons. The van der Waals surface area contributed by atoms with Crippen molar-refractivity contribution < 1.29 is 14.3 Å². The summed E-state index contributed by atoms with van der Waals surface area (Å²) in [7, 11) is 0. The van der Waals surface area contributed by atoms with Crippen molar-refractivity contribution in [1.82, 2.24) is 10.2 Å². The number of nitrogens with zero attached hydrogens (tertiary/aromatic N) is 1. The fourth-order valence-corrected chi connectivity index (χ4v) is 3.91. The number of rotatable bonds is 11. The van der Waals surface area contributed by atoms with Crippen LogP contribution < -0.4 is 10.1 Å². The van der Waals surface area contributed by atoms with Gasteiger partial charge in [-0.25, -0.2) is 0 Å². The molecule has 0 aliphatic rings. The van der Waals surface area contributed by atoms with Crippen molar-refractivity contribution in [2.75, 3.05) is 13.2 Å². The van der Waals surface area contributed by atoms with Crippen LogP contribution in [0.5, 0.6) is 5.75 Å². The van der Waals surface area contributed by atoms with Crippen molar-refractivity contribution in [3.8, 4) is 5.75 Å². The maximum atomic E-state index is 13.5. The molecular weight excluding hydrogens is 528 g/mol. The van der Waals surface area contributed by atoms with E-state index in [2.05, 4.69) is 21.2 Å². The van der Waals surface area contributed by atoms with Crippen LogP contribution in [0.25, 0.3) is 0 Å². The van der Waals surface area contributed by atoms with Crippen molar-refractivity contribution >= 4 is 39.3 Å². The van der Waals surface area contributed by atoms with E-state index in [4.69, 9.17) is 16.3 Å². The summed E-state index contributed by atoms with van der Waals surface area (Å²) in [6.45, 7) is 4.70. The molecule has 3 rings (SSSR count). The number of hydrogen-bond acceptors (Lipinski definition) is 3. The number of carbonyl (C=O) groups is 2. The molecule has 1 N–H and O–H groups in total. The van der Waals surface area contributed by atoms with Crippen molar-refractivity contribution in [2.24, 2.45) is 5.92 Å². The predicted molar refractivity (Wildman–Crippen MR) is 143 cm³/mol. The third-order valence-electron chi connectivity index (χ3n) is 5.40. The first-order chi connectivity index (χ1) is 16.8. The van der Waals surface area contributed by atoms with E-state index in [0.29, 0.717) is 29.7 Å². The number of nitrogens with one attached hydrogen (secondary N) is 1. The van der Waals surface area contributed by atoms with Crippen molar-refractivity contribution in [2.45, 2.75) is 32.9 Å². The van der Waals surface area contributed by atoms with Crippen LogP contribution in [0, 0.1) is 5.92 Å². The van der Waals surface area contributed by atoms with Crippen LogP contribution in [0.3, 0.4) is 0 Å². The summed E-state index contributed by atoms with van der Waals surface area (Å²) in [6, 6.07) is 23.6. The Hall–Kier alpha value is -2.83. The second-order valence-corrected chi connectivity index (χ2v) is 10.1. The van der Waals surface area contributed by atoms with E-state index in [9.17, 15) is 9.59 Å². The summed E-state index contributed by atoms with van der Waals surface area (Å²) in [6.07, 6.45) is 0.397. The van der Waals surface area contributed by atoms with Gasteiger partial charge >= 0.3 is 0 Å². The van der Waals surface area contributed by atoms with Gasteiger partial charge in [0.25, 0.3) is 5.91 Å². The Morgan fingerprint density at radius 1 is 0.943 bits per heavy atom. The number of halogens is 2. The molecule has 3 aromatic carbocycles. The number of ether oxygens (including phenoxy) is 1. The Morgan fingerprint density at radius 2 is 1.60 bits per heavy atom. The van der Waals surface area contributed by atoms with E-state index in [1.165, 1.54) is 0 Å². The van der Waals surface area contributed by atoms with E-state index in [-0.39, 0.29) is 25.0 Å². The van der Waals surface area contributed by atoms with Crippen molar-refractivity contribution in [3.05, 3.63) is 99.5 Å².